The highest BCUT2D eigenvalue weighted by Gasteiger charge is 2.15. The molecule has 0 aromatic rings. The second-order valence-electron chi connectivity index (χ2n) is 4.49. The zero-order chi connectivity index (χ0) is 11.8. The maximum absolute atomic E-state index is 11.0. The lowest BCUT2D eigenvalue weighted by atomic mass is 10.1. The molecular weight excluding hydrogens is 202 g/mol. The van der Waals surface area contributed by atoms with Gasteiger partial charge in [-0.2, -0.15) is 0 Å². The lowest BCUT2D eigenvalue weighted by molar-refractivity contribution is -0.139. The fourth-order valence-electron chi connectivity index (χ4n) is 2.09. The standard InChI is InChI=1S/C13H23NO2/c1-2-3-8-12(13(15)16)14-10-9-11-6-4-5-7-11/h6,12,14H,2-5,7-10H2,1H3,(H,15,16). The monoisotopic (exact) mass is 225 g/mol. The van der Waals surface area contributed by atoms with Crippen molar-refractivity contribution in [3.8, 4) is 0 Å². The van der Waals surface area contributed by atoms with Gasteiger partial charge in [-0.25, -0.2) is 0 Å². The lowest BCUT2D eigenvalue weighted by Crippen LogP contribution is -2.37. The summed E-state index contributed by atoms with van der Waals surface area (Å²) in [6.45, 7) is 2.88. The molecule has 0 heterocycles. The predicted octanol–water partition coefficient (Wildman–Crippen LogP) is 2.72. The molecule has 3 heteroatoms. The Hall–Kier alpha value is -0.830. The van der Waals surface area contributed by atoms with E-state index in [-0.39, 0.29) is 6.04 Å². The third-order valence-electron chi connectivity index (χ3n) is 3.12. The minimum absolute atomic E-state index is 0.359. The summed E-state index contributed by atoms with van der Waals surface area (Å²) in [4.78, 5) is 11.0. The smallest absolute Gasteiger partial charge is 0.320 e. The van der Waals surface area contributed by atoms with Gasteiger partial charge in [0.15, 0.2) is 0 Å². The minimum atomic E-state index is -0.714. The largest absolute Gasteiger partial charge is 0.480 e. The van der Waals surface area contributed by atoms with Crippen molar-refractivity contribution < 1.29 is 9.90 Å². The number of aliphatic carboxylic acids is 1. The first kappa shape index (κ1) is 13.2. The first-order chi connectivity index (χ1) is 7.74. The Kier molecular flexibility index (Phi) is 6.16. The van der Waals surface area contributed by atoms with Crippen LogP contribution in [0.2, 0.25) is 0 Å². The van der Waals surface area contributed by atoms with Crippen molar-refractivity contribution in [2.75, 3.05) is 6.54 Å². The van der Waals surface area contributed by atoms with Crippen LogP contribution in [0, 0.1) is 0 Å². The average molecular weight is 225 g/mol. The molecule has 1 aliphatic rings. The maximum atomic E-state index is 11.0. The molecule has 92 valence electrons. The van der Waals surface area contributed by atoms with Gasteiger partial charge in [0.1, 0.15) is 6.04 Å². The van der Waals surface area contributed by atoms with Gasteiger partial charge in [0.25, 0.3) is 0 Å². The molecule has 1 aliphatic carbocycles. The molecule has 0 saturated heterocycles. The highest BCUT2D eigenvalue weighted by Crippen LogP contribution is 2.19. The van der Waals surface area contributed by atoms with Crippen molar-refractivity contribution in [1.29, 1.82) is 0 Å². The van der Waals surface area contributed by atoms with E-state index in [1.165, 1.54) is 24.8 Å². The summed E-state index contributed by atoms with van der Waals surface area (Å²) in [6.07, 6.45) is 9.75. The lowest BCUT2D eigenvalue weighted by Gasteiger charge is -2.14. The summed E-state index contributed by atoms with van der Waals surface area (Å²) in [5, 5.41) is 12.2. The first-order valence-electron chi connectivity index (χ1n) is 6.38. The minimum Gasteiger partial charge on any atom is -0.480 e. The van der Waals surface area contributed by atoms with E-state index < -0.39 is 5.97 Å². The quantitative estimate of drug-likeness (QED) is 0.624. The van der Waals surface area contributed by atoms with E-state index in [0.717, 1.165) is 32.2 Å². The van der Waals surface area contributed by atoms with Gasteiger partial charge in [0.05, 0.1) is 0 Å². The number of hydrogen-bond acceptors (Lipinski definition) is 2. The number of hydrogen-bond donors (Lipinski definition) is 2. The normalized spacial score (nSPS) is 17.2. The molecule has 0 spiro atoms. The van der Waals surface area contributed by atoms with Gasteiger partial charge in [-0.1, -0.05) is 31.4 Å². The molecule has 3 nitrogen and oxygen atoms in total. The van der Waals surface area contributed by atoms with Crippen molar-refractivity contribution >= 4 is 5.97 Å². The van der Waals surface area contributed by atoms with Gasteiger partial charge < -0.3 is 10.4 Å². The number of allylic oxidation sites excluding steroid dienone is 1. The molecule has 1 atom stereocenters. The summed E-state index contributed by atoms with van der Waals surface area (Å²) < 4.78 is 0. The summed E-state index contributed by atoms with van der Waals surface area (Å²) in [7, 11) is 0. The zero-order valence-electron chi connectivity index (χ0n) is 10.2. The molecule has 16 heavy (non-hydrogen) atoms. The summed E-state index contributed by atoms with van der Waals surface area (Å²) in [6, 6.07) is -0.359. The van der Waals surface area contributed by atoms with Crippen LogP contribution >= 0.6 is 0 Å². The number of nitrogens with one attached hydrogen (secondary N) is 1. The summed E-state index contributed by atoms with van der Waals surface area (Å²) in [5.41, 5.74) is 1.49. The van der Waals surface area contributed by atoms with Crippen LogP contribution in [-0.4, -0.2) is 23.7 Å². The van der Waals surface area contributed by atoms with Crippen molar-refractivity contribution in [3.63, 3.8) is 0 Å². The number of carbonyl (C=O) groups is 1. The molecule has 0 saturated carbocycles. The van der Waals surface area contributed by atoms with E-state index in [2.05, 4.69) is 18.3 Å². The zero-order valence-corrected chi connectivity index (χ0v) is 10.2. The SMILES string of the molecule is CCCCC(NCCC1=CCCC1)C(=O)O. The number of carboxylic acid groups (broad SMARTS) is 1. The van der Waals surface area contributed by atoms with Gasteiger partial charge in [-0.3, -0.25) is 4.79 Å². The maximum Gasteiger partial charge on any atom is 0.320 e. The van der Waals surface area contributed by atoms with E-state index in [0.29, 0.717) is 0 Å². The average Bonchev–Trinajstić information content (AvgIpc) is 2.75. The highest BCUT2D eigenvalue weighted by atomic mass is 16.4. The second kappa shape index (κ2) is 7.44. The molecule has 2 N–H and O–H groups in total. The molecule has 1 rings (SSSR count). The Balaban J connectivity index is 2.18. The van der Waals surface area contributed by atoms with Crippen molar-refractivity contribution in [1.82, 2.24) is 5.32 Å². The van der Waals surface area contributed by atoms with Gasteiger partial charge in [-0.05, 0) is 38.6 Å². The first-order valence-corrected chi connectivity index (χ1v) is 6.38. The molecule has 0 aliphatic heterocycles. The van der Waals surface area contributed by atoms with E-state index in [9.17, 15) is 4.79 Å². The molecule has 0 aromatic carbocycles. The number of unbranched alkanes of at least 4 members (excludes halogenated alkanes) is 1. The van der Waals surface area contributed by atoms with Crippen LogP contribution in [0.4, 0.5) is 0 Å². The van der Waals surface area contributed by atoms with E-state index >= 15 is 0 Å². The summed E-state index contributed by atoms with van der Waals surface area (Å²) >= 11 is 0. The molecular formula is C13H23NO2. The fraction of sp³-hybridized carbons (Fsp3) is 0.769. The number of rotatable bonds is 8. The topological polar surface area (TPSA) is 49.3 Å². The van der Waals surface area contributed by atoms with Crippen molar-refractivity contribution in [2.24, 2.45) is 0 Å². The Bertz CT molecular complexity index is 248. The van der Waals surface area contributed by atoms with Crippen LogP contribution in [0.1, 0.15) is 51.9 Å². The van der Waals surface area contributed by atoms with Gasteiger partial charge in [0, 0.05) is 0 Å². The third kappa shape index (κ3) is 4.79. The number of carboxylic acids is 1. The van der Waals surface area contributed by atoms with Gasteiger partial charge in [-0.15, -0.1) is 0 Å². The van der Waals surface area contributed by atoms with Crippen LogP contribution < -0.4 is 5.32 Å². The molecule has 1 unspecified atom stereocenters. The van der Waals surface area contributed by atoms with E-state index in [1.54, 1.807) is 0 Å². The van der Waals surface area contributed by atoms with Crippen molar-refractivity contribution in [2.45, 2.75) is 57.9 Å². The second-order valence-corrected chi connectivity index (χ2v) is 4.49. The molecule has 0 fully saturated rings. The van der Waals surface area contributed by atoms with Crippen LogP contribution in [0.25, 0.3) is 0 Å². The fourth-order valence-corrected chi connectivity index (χ4v) is 2.09. The predicted molar refractivity (Wildman–Crippen MR) is 65.5 cm³/mol. The third-order valence-corrected chi connectivity index (χ3v) is 3.12. The Morgan fingerprint density at radius 3 is 3.00 bits per heavy atom. The van der Waals surface area contributed by atoms with Crippen LogP contribution in [-0.2, 0) is 4.79 Å². The highest BCUT2D eigenvalue weighted by molar-refractivity contribution is 5.73. The van der Waals surface area contributed by atoms with Crippen LogP contribution in [0.15, 0.2) is 11.6 Å². The summed E-state index contributed by atoms with van der Waals surface area (Å²) in [5.74, 6) is -0.714. The van der Waals surface area contributed by atoms with E-state index in [4.69, 9.17) is 5.11 Å². The molecule has 0 bridgehead atoms. The van der Waals surface area contributed by atoms with Crippen molar-refractivity contribution in [3.05, 3.63) is 11.6 Å². The van der Waals surface area contributed by atoms with E-state index in [1.807, 2.05) is 0 Å². The van der Waals surface area contributed by atoms with Crippen LogP contribution in [0.3, 0.4) is 0 Å². The molecule has 0 aromatic heterocycles. The Morgan fingerprint density at radius 1 is 1.62 bits per heavy atom. The molecule has 0 radical (unpaired) electrons. The van der Waals surface area contributed by atoms with Gasteiger partial charge >= 0.3 is 5.97 Å². The Labute approximate surface area is 97.9 Å². The Morgan fingerprint density at radius 2 is 2.44 bits per heavy atom. The van der Waals surface area contributed by atoms with Gasteiger partial charge in [0.2, 0.25) is 0 Å². The molecule has 0 amide bonds. The van der Waals surface area contributed by atoms with Crippen LogP contribution in [0.5, 0.6) is 0 Å².